The third-order valence-electron chi connectivity index (χ3n) is 5.08. The standard InChI is InChI=1S/C22H25F3N4O/c1-2-15-3-5-16(6-4-15)13-29-10-9-18(14-29)28-21(30)12-27-20-11-17(22(23,24)25)7-8-19(20)26/h2-8,11,18,27H,1,9-10,12-14,26H2,(H,28,30). The number of nitrogens with zero attached hydrogens (tertiary/aromatic N) is 1. The Bertz CT molecular complexity index is 896. The summed E-state index contributed by atoms with van der Waals surface area (Å²) >= 11 is 0. The van der Waals surface area contributed by atoms with Crippen LogP contribution < -0.4 is 16.4 Å². The zero-order valence-corrected chi connectivity index (χ0v) is 16.5. The highest BCUT2D eigenvalue weighted by Gasteiger charge is 2.31. The van der Waals surface area contributed by atoms with Crippen molar-refractivity contribution in [2.75, 3.05) is 30.7 Å². The first-order valence-corrected chi connectivity index (χ1v) is 9.68. The molecule has 0 radical (unpaired) electrons. The number of likely N-dealkylation sites (tertiary alicyclic amines) is 1. The molecule has 2 aromatic rings. The number of amides is 1. The zero-order valence-electron chi connectivity index (χ0n) is 16.5. The van der Waals surface area contributed by atoms with E-state index in [9.17, 15) is 18.0 Å². The van der Waals surface area contributed by atoms with Crippen LogP contribution >= 0.6 is 0 Å². The Labute approximate surface area is 173 Å². The summed E-state index contributed by atoms with van der Waals surface area (Å²) in [6.07, 6.45) is -1.85. The molecule has 0 saturated carbocycles. The molecule has 0 spiro atoms. The number of carbonyl (C=O) groups excluding carboxylic acids is 1. The van der Waals surface area contributed by atoms with E-state index in [2.05, 4.69) is 34.2 Å². The molecule has 30 heavy (non-hydrogen) atoms. The molecule has 4 N–H and O–H groups in total. The number of rotatable bonds is 7. The number of alkyl halides is 3. The van der Waals surface area contributed by atoms with E-state index in [-0.39, 0.29) is 29.9 Å². The average molecular weight is 418 g/mol. The van der Waals surface area contributed by atoms with Crippen LogP contribution in [0.3, 0.4) is 0 Å². The number of carbonyl (C=O) groups is 1. The zero-order chi connectivity index (χ0) is 21.7. The van der Waals surface area contributed by atoms with E-state index >= 15 is 0 Å². The minimum Gasteiger partial charge on any atom is -0.397 e. The maximum absolute atomic E-state index is 12.8. The Morgan fingerprint density at radius 3 is 2.63 bits per heavy atom. The largest absolute Gasteiger partial charge is 0.416 e. The third-order valence-corrected chi connectivity index (χ3v) is 5.08. The maximum atomic E-state index is 12.8. The monoisotopic (exact) mass is 418 g/mol. The minimum atomic E-state index is -4.47. The predicted molar refractivity (Wildman–Crippen MR) is 113 cm³/mol. The Morgan fingerprint density at radius 1 is 1.23 bits per heavy atom. The highest BCUT2D eigenvalue weighted by molar-refractivity contribution is 5.82. The number of nitrogen functional groups attached to an aromatic ring is 1. The Balaban J connectivity index is 1.47. The van der Waals surface area contributed by atoms with Crippen molar-refractivity contribution in [3.63, 3.8) is 0 Å². The Morgan fingerprint density at radius 2 is 1.97 bits per heavy atom. The molecule has 3 rings (SSSR count). The van der Waals surface area contributed by atoms with Gasteiger partial charge in [0.15, 0.2) is 0 Å². The smallest absolute Gasteiger partial charge is 0.397 e. The summed E-state index contributed by atoms with van der Waals surface area (Å²) in [5.41, 5.74) is 7.41. The van der Waals surface area contributed by atoms with Crippen LogP contribution in [0.15, 0.2) is 49.0 Å². The van der Waals surface area contributed by atoms with Gasteiger partial charge in [-0.25, -0.2) is 0 Å². The summed E-state index contributed by atoms with van der Waals surface area (Å²) in [7, 11) is 0. The molecule has 5 nitrogen and oxygen atoms in total. The summed E-state index contributed by atoms with van der Waals surface area (Å²) in [5.74, 6) is -0.283. The van der Waals surface area contributed by atoms with Gasteiger partial charge in [-0.05, 0) is 35.7 Å². The highest BCUT2D eigenvalue weighted by atomic mass is 19.4. The molecule has 0 bridgehead atoms. The summed E-state index contributed by atoms with van der Waals surface area (Å²) in [4.78, 5) is 14.5. The second kappa shape index (κ2) is 9.21. The fourth-order valence-corrected chi connectivity index (χ4v) is 3.45. The number of halogens is 3. The molecule has 1 aliphatic rings. The van der Waals surface area contributed by atoms with Gasteiger partial charge in [-0.15, -0.1) is 0 Å². The van der Waals surface area contributed by atoms with Gasteiger partial charge in [0.05, 0.1) is 23.5 Å². The number of nitrogens with one attached hydrogen (secondary N) is 2. The number of nitrogens with two attached hydrogens (primary N) is 1. The fourth-order valence-electron chi connectivity index (χ4n) is 3.45. The van der Waals surface area contributed by atoms with Gasteiger partial charge in [-0.3, -0.25) is 9.69 Å². The summed E-state index contributed by atoms with van der Waals surface area (Å²) in [5, 5.41) is 5.63. The van der Waals surface area contributed by atoms with Crippen molar-refractivity contribution in [3.8, 4) is 0 Å². The lowest BCUT2D eigenvalue weighted by Crippen LogP contribution is -2.40. The molecular formula is C22H25F3N4O. The molecule has 160 valence electrons. The predicted octanol–water partition coefficient (Wildman–Crippen LogP) is 3.73. The number of hydrogen-bond acceptors (Lipinski definition) is 4. The van der Waals surface area contributed by atoms with E-state index in [0.29, 0.717) is 0 Å². The molecule has 1 atom stereocenters. The SMILES string of the molecule is C=Cc1ccc(CN2CCC(NC(=O)CNc3cc(C(F)(F)F)ccc3N)C2)cc1. The lowest BCUT2D eigenvalue weighted by molar-refractivity contribution is -0.137. The molecule has 1 saturated heterocycles. The van der Waals surface area contributed by atoms with Crippen molar-refractivity contribution < 1.29 is 18.0 Å². The van der Waals surface area contributed by atoms with E-state index in [1.54, 1.807) is 6.08 Å². The topological polar surface area (TPSA) is 70.4 Å². The molecule has 0 aliphatic carbocycles. The molecule has 0 aromatic heterocycles. The number of benzene rings is 2. The summed E-state index contributed by atoms with van der Waals surface area (Å²) in [6.45, 7) is 5.98. The Hall–Kier alpha value is -3.00. The third kappa shape index (κ3) is 5.76. The molecule has 1 amide bonds. The van der Waals surface area contributed by atoms with Crippen LogP contribution in [0, 0.1) is 0 Å². The number of anilines is 2. The van der Waals surface area contributed by atoms with Crippen molar-refractivity contribution in [2.24, 2.45) is 0 Å². The van der Waals surface area contributed by atoms with Crippen molar-refractivity contribution in [3.05, 3.63) is 65.7 Å². The molecule has 8 heteroatoms. The maximum Gasteiger partial charge on any atom is 0.416 e. The average Bonchev–Trinajstić information content (AvgIpc) is 3.13. The normalized spacial score (nSPS) is 17.0. The van der Waals surface area contributed by atoms with Gasteiger partial charge in [0.25, 0.3) is 0 Å². The van der Waals surface area contributed by atoms with Gasteiger partial charge >= 0.3 is 6.18 Å². The molecule has 1 unspecified atom stereocenters. The summed E-state index contributed by atoms with van der Waals surface area (Å²) < 4.78 is 38.5. The number of hydrogen-bond donors (Lipinski definition) is 3. The second-order valence-corrected chi connectivity index (χ2v) is 7.39. The van der Waals surface area contributed by atoms with Crippen molar-refractivity contribution in [1.29, 1.82) is 0 Å². The van der Waals surface area contributed by atoms with Crippen LogP contribution in [0.1, 0.15) is 23.1 Å². The molecular weight excluding hydrogens is 393 g/mol. The van der Waals surface area contributed by atoms with Crippen LogP contribution in [0.2, 0.25) is 0 Å². The van der Waals surface area contributed by atoms with Crippen LogP contribution in [0.5, 0.6) is 0 Å². The highest BCUT2D eigenvalue weighted by Crippen LogP contribution is 2.32. The van der Waals surface area contributed by atoms with Crippen molar-refractivity contribution >= 4 is 23.4 Å². The lowest BCUT2D eigenvalue weighted by atomic mass is 10.1. The minimum absolute atomic E-state index is 0.00519. The van der Waals surface area contributed by atoms with Crippen molar-refractivity contribution in [1.82, 2.24) is 10.2 Å². The van der Waals surface area contributed by atoms with Crippen LogP contribution in [-0.4, -0.2) is 36.5 Å². The molecule has 1 aliphatic heterocycles. The van der Waals surface area contributed by atoms with E-state index in [1.807, 2.05) is 12.1 Å². The van der Waals surface area contributed by atoms with Crippen LogP contribution in [0.4, 0.5) is 24.5 Å². The molecule has 1 fully saturated rings. The first-order valence-electron chi connectivity index (χ1n) is 9.68. The first-order chi connectivity index (χ1) is 14.2. The quantitative estimate of drug-likeness (QED) is 0.600. The van der Waals surface area contributed by atoms with Gasteiger partial charge in [0, 0.05) is 25.7 Å². The van der Waals surface area contributed by atoms with Gasteiger partial charge < -0.3 is 16.4 Å². The Kier molecular flexibility index (Phi) is 6.66. The fraction of sp³-hybridized carbons (Fsp3) is 0.318. The van der Waals surface area contributed by atoms with Gasteiger partial charge in [-0.2, -0.15) is 13.2 Å². The first kappa shape index (κ1) is 21.7. The van der Waals surface area contributed by atoms with E-state index in [0.717, 1.165) is 43.8 Å². The van der Waals surface area contributed by atoms with Crippen LogP contribution in [0.25, 0.3) is 6.08 Å². The lowest BCUT2D eigenvalue weighted by Gasteiger charge is -2.17. The van der Waals surface area contributed by atoms with E-state index in [4.69, 9.17) is 5.73 Å². The van der Waals surface area contributed by atoms with Crippen LogP contribution in [-0.2, 0) is 17.5 Å². The molecule has 2 aromatic carbocycles. The summed E-state index contributed by atoms with van der Waals surface area (Å²) in [6, 6.07) is 11.2. The van der Waals surface area contributed by atoms with Gasteiger partial charge in [0.1, 0.15) is 0 Å². The second-order valence-electron chi connectivity index (χ2n) is 7.39. The van der Waals surface area contributed by atoms with E-state index < -0.39 is 11.7 Å². The van der Waals surface area contributed by atoms with Gasteiger partial charge in [-0.1, -0.05) is 36.9 Å². The molecule has 1 heterocycles. The van der Waals surface area contributed by atoms with E-state index in [1.165, 1.54) is 11.6 Å². The van der Waals surface area contributed by atoms with Crippen molar-refractivity contribution in [2.45, 2.75) is 25.2 Å². The van der Waals surface area contributed by atoms with Gasteiger partial charge in [0.2, 0.25) is 5.91 Å².